The zero-order chi connectivity index (χ0) is 13.1. The number of carbonyl (C=O) groups excluding carboxylic acids is 1. The second-order valence-electron chi connectivity index (χ2n) is 4.36. The van der Waals surface area contributed by atoms with Crippen molar-refractivity contribution >= 4 is 5.91 Å². The van der Waals surface area contributed by atoms with E-state index in [1.807, 2.05) is 7.05 Å². The highest BCUT2D eigenvalue weighted by atomic mass is 19.2. The molecule has 0 unspecified atom stereocenters. The molecule has 98 valence electrons. The summed E-state index contributed by atoms with van der Waals surface area (Å²) in [6.07, 6.45) is 0. The summed E-state index contributed by atoms with van der Waals surface area (Å²) in [6, 6.07) is 3.12. The molecular weight excluding hydrogens is 240 g/mol. The van der Waals surface area contributed by atoms with Crippen LogP contribution in [0.3, 0.4) is 0 Å². The van der Waals surface area contributed by atoms with Crippen LogP contribution in [0.2, 0.25) is 0 Å². The van der Waals surface area contributed by atoms with Crippen LogP contribution in [0.1, 0.15) is 10.4 Å². The highest BCUT2D eigenvalue weighted by Crippen LogP contribution is 2.09. The molecule has 4 nitrogen and oxygen atoms in total. The Morgan fingerprint density at radius 3 is 2.44 bits per heavy atom. The first kappa shape index (κ1) is 12.9. The monoisotopic (exact) mass is 255 g/mol. The van der Waals surface area contributed by atoms with Crippen molar-refractivity contribution < 1.29 is 13.6 Å². The second kappa shape index (κ2) is 5.41. The molecule has 0 radical (unpaired) electrons. The molecule has 18 heavy (non-hydrogen) atoms. The Hall–Kier alpha value is -1.53. The van der Waals surface area contributed by atoms with Gasteiger partial charge in [0.05, 0.1) is 0 Å². The molecule has 1 aromatic carbocycles. The van der Waals surface area contributed by atoms with E-state index in [1.54, 1.807) is 5.01 Å². The predicted molar refractivity (Wildman–Crippen MR) is 62.9 cm³/mol. The van der Waals surface area contributed by atoms with Gasteiger partial charge in [0, 0.05) is 31.7 Å². The molecule has 0 bridgehead atoms. The van der Waals surface area contributed by atoms with Crippen LogP contribution in [0.15, 0.2) is 18.2 Å². The smallest absolute Gasteiger partial charge is 0.265 e. The summed E-state index contributed by atoms with van der Waals surface area (Å²) in [5.74, 6) is -2.38. The molecule has 6 heteroatoms. The minimum atomic E-state index is -1.01. The van der Waals surface area contributed by atoms with E-state index in [0.29, 0.717) is 13.1 Å². The van der Waals surface area contributed by atoms with Crippen LogP contribution in [-0.4, -0.2) is 49.0 Å². The number of hydrazine groups is 1. The molecule has 1 aliphatic heterocycles. The lowest BCUT2D eigenvalue weighted by atomic mass is 10.2. The summed E-state index contributed by atoms with van der Waals surface area (Å²) in [6.45, 7) is 3.15. The van der Waals surface area contributed by atoms with Crippen molar-refractivity contribution in [1.82, 2.24) is 15.3 Å². The van der Waals surface area contributed by atoms with E-state index in [-0.39, 0.29) is 5.56 Å². The molecule has 1 saturated heterocycles. The van der Waals surface area contributed by atoms with E-state index in [2.05, 4.69) is 10.3 Å². The molecular formula is C12H15F2N3O. The largest absolute Gasteiger partial charge is 0.304 e. The van der Waals surface area contributed by atoms with Crippen LogP contribution in [0, 0.1) is 11.6 Å². The fourth-order valence-electron chi connectivity index (χ4n) is 1.76. The van der Waals surface area contributed by atoms with Crippen LogP contribution in [0.25, 0.3) is 0 Å². The van der Waals surface area contributed by atoms with Crippen LogP contribution >= 0.6 is 0 Å². The molecule has 0 spiro atoms. The van der Waals surface area contributed by atoms with Gasteiger partial charge in [-0.05, 0) is 25.2 Å². The molecule has 1 aliphatic rings. The SMILES string of the molecule is CN1CCN(NC(=O)c2ccc(F)c(F)c2)CC1. The van der Waals surface area contributed by atoms with Gasteiger partial charge < -0.3 is 4.90 Å². The summed E-state index contributed by atoms with van der Waals surface area (Å²) in [4.78, 5) is 14.0. The lowest BCUT2D eigenvalue weighted by molar-refractivity contribution is 0.0662. The molecule has 1 amide bonds. The van der Waals surface area contributed by atoms with Gasteiger partial charge in [0.2, 0.25) is 0 Å². The zero-order valence-corrected chi connectivity index (χ0v) is 10.1. The van der Waals surface area contributed by atoms with Gasteiger partial charge in [0.15, 0.2) is 11.6 Å². The number of nitrogens with zero attached hydrogens (tertiary/aromatic N) is 2. The summed E-state index contributed by atoms with van der Waals surface area (Å²) in [5.41, 5.74) is 2.80. The van der Waals surface area contributed by atoms with Gasteiger partial charge in [-0.15, -0.1) is 0 Å². The maximum atomic E-state index is 13.0. The number of rotatable bonds is 2. The maximum absolute atomic E-state index is 13.0. The van der Waals surface area contributed by atoms with Crippen molar-refractivity contribution in [3.8, 4) is 0 Å². The minimum absolute atomic E-state index is 0.118. The molecule has 1 heterocycles. The topological polar surface area (TPSA) is 35.6 Å². The molecule has 0 aromatic heterocycles. The number of amides is 1. The Bertz CT molecular complexity index is 445. The van der Waals surface area contributed by atoms with Crippen molar-refractivity contribution in [3.05, 3.63) is 35.4 Å². The molecule has 0 saturated carbocycles. The molecule has 2 rings (SSSR count). The van der Waals surface area contributed by atoms with Crippen LogP contribution in [0.4, 0.5) is 8.78 Å². The maximum Gasteiger partial charge on any atom is 0.265 e. The first-order chi connectivity index (χ1) is 8.56. The number of carbonyl (C=O) groups is 1. The first-order valence-corrected chi connectivity index (χ1v) is 5.76. The number of likely N-dealkylation sites (N-methyl/N-ethyl adjacent to an activating group) is 1. The Morgan fingerprint density at radius 2 is 1.83 bits per heavy atom. The molecule has 0 aliphatic carbocycles. The van der Waals surface area contributed by atoms with Gasteiger partial charge in [0.25, 0.3) is 5.91 Å². The number of halogens is 2. The fraction of sp³-hybridized carbons (Fsp3) is 0.417. The van der Waals surface area contributed by atoms with Crippen molar-refractivity contribution in [3.63, 3.8) is 0 Å². The third-order valence-electron chi connectivity index (χ3n) is 2.94. The lowest BCUT2D eigenvalue weighted by Crippen LogP contribution is -2.52. The average Bonchev–Trinajstić information content (AvgIpc) is 2.35. The van der Waals surface area contributed by atoms with E-state index >= 15 is 0 Å². The number of hydrogen-bond donors (Lipinski definition) is 1. The van der Waals surface area contributed by atoms with Gasteiger partial charge in [-0.25, -0.2) is 13.8 Å². The summed E-state index contributed by atoms with van der Waals surface area (Å²) < 4.78 is 25.7. The number of hydrogen-bond acceptors (Lipinski definition) is 3. The van der Waals surface area contributed by atoms with E-state index < -0.39 is 17.5 Å². The van der Waals surface area contributed by atoms with Gasteiger partial charge in [0.1, 0.15) is 0 Å². The summed E-state index contributed by atoms with van der Waals surface area (Å²) >= 11 is 0. The van der Waals surface area contributed by atoms with Crippen molar-refractivity contribution in [2.24, 2.45) is 0 Å². The molecule has 0 atom stereocenters. The van der Waals surface area contributed by atoms with Crippen LogP contribution in [0.5, 0.6) is 0 Å². The van der Waals surface area contributed by atoms with Crippen molar-refractivity contribution in [2.45, 2.75) is 0 Å². The molecule has 1 fully saturated rings. The molecule has 1 aromatic rings. The third kappa shape index (κ3) is 3.02. The number of benzene rings is 1. The van der Waals surface area contributed by atoms with Gasteiger partial charge >= 0.3 is 0 Å². The van der Waals surface area contributed by atoms with E-state index in [1.165, 1.54) is 6.07 Å². The van der Waals surface area contributed by atoms with Gasteiger partial charge in [-0.3, -0.25) is 10.2 Å². The van der Waals surface area contributed by atoms with E-state index in [4.69, 9.17) is 0 Å². The summed E-state index contributed by atoms with van der Waals surface area (Å²) in [7, 11) is 2.01. The van der Waals surface area contributed by atoms with E-state index in [0.717, 1.165) is 25.2 Å². The first-order valence-electron chi connectivity index (χ1n) is 5.76. The second-order valence-corrected chi connectivity index (χ2v) is 4.36. The Kier molecular flexibility index (Phi) is 3.88. The number of nitrogens with one attached hydrogen (secondary N) is 1. The van der Waals surface area contributed by atoms with Crippen molar-refractivity contribution in [1.29, 1.82) is 0 Å². The highest BCUT2D eigenvalue weighted by molar-refractivity contribution is 5.93. The Morgan fingerprint density at radius 1 is 1.17 bits per heavy atom. The fourth-order valence-corrected chi connectivity index (χ4v) is 1.76. The lowest BCUT2D eigenvalue weighted by Gasteiger charge is -2.32. The van der Waals surface area contributed by atoms with Gasteiger partial charge in [-0.2, -0.15) is 0 Å². The van der Waals surface area contributed by atoms with Crippen LogP contribution < -0.4 is 5.43 Å². The quantitative estimate of drug-likeness (QED) is 0.851. The zero-order valence-electron chi connectivity index (χ0n) is 10.1. The normalized spacial score (nSPS) is 17.7. The highest BCUT2D eigenvalue weighted by Gasteiger charge is 2.17. The standard InChI is InChI=1S/C12H15F2N3O/c1-16-4-6-17(7-5-16)15-12(18)9-2-3-10(13)11(14)8-9/h2-3,8H,4-7H2,1H3,(H,15,18). The van der Waals surface area contributed by atoms with Crippen LogP contribution in [-0.2, 0) is 0 Å². The number of piperazine rings is 1. The molecule has 1 N–H and O–H groups in total. The predicted octanol–water partition coefficient (Wildman–Crippen LogP) is 0.857. The Labute approximate surface area is 104 Å². The Balaban J connectivity index is 1.97. The minimum Gasteiger partial charge on any atom is -0.304 e. The average molecular weight is 255 g/mol. The van der Waals surface area contributed by atoms with Gasteiger partial charge in [-0.1, -0.05) is 0 Å². The summed E-state index contributed by atoms with van der Waals surface area (Å²) in [5, 5.41) is 1.78. The van der Waals surface area contributed by atoms with E-state index in [9.17, 15) is 13.6 Å². The third-order valence-corrected chi connectivity index (χ3v) is 2.94. The van der Waals surface area contributed by atoms with Crippen molar-refractivity contribution in [2.75, 3.05) is 33.2 Å².